The van der Waals surface area contributed by atoms with Gasteiger partial charge in [-0.25, -0.2) is 13.6 Å². The molecule has 0 aliphatic carbocycles. The number of carbonyl (C=O) groups excluding carboxylic acids is 1. The highest BCUT2D eigenvalue weighted by Crippen LogP contribution is 2.39. The summed E-state index contributed by atoms with van der Waals surface area (Å²) < 4.78 is 70.0. The van der Waals surface area contributed by atoms with Crippen molar-refractivity contribution in [2.45, 2.75) is 12.8 Å². The van der Waals surface area contributed by atoms with Crippen molar-refractivity contribution in [1.29, 1.82) is 0 Å². The summed E-state index contributed by atoms with van der Waals surface area (Å²) in [6.45, 7) is 0. The molecule has 31 heavy (non-hydrogen) atoms. The van der Waals surface area contributed by atoms with Gasteiger partial charge < -0.3 is 15.4 Å². The number of nitrogens with zero attached hydrogens (tertiary/aromatic N) is 2. The molecule has 3 rings (SSSR count). The summed E-state index contributed by atoms with van der Waals surface area (Å²) in [5.74, 6) is -2.30. The molecule has 2 amide bonds. The lowest BCUT2D eigenvalue weighted by atomic mass is 10.1. The number of benzene rings is 2. The Labute approximate surface area is 181 Å². The van der Waals surface area contributed by atoms with Crippen LogP contribution in [-0.4, -0.2) is 30.7 Å². The molecule has 0 spiro atoms. The van der Waals surface area contributed by atoms with Crippen LogP contribution in [0.3, 0.4) is 0 Å². The van der Waals surface area contributed by atoms with E-state index in [1.165, 1.54) is 24.2 Å². The monoisotopic (exact) mass is 504 g/mol. The van der Waals surface area contributed by atoms with Gasteiger partial charge in [0, 0.05) is 41.5 Å². The lowest BCUT2D eigenvalue weighted by Gasteiger charge is -2.25. The largest absolute Gasteiger partial charge is 0.573 e. The molecule has 12 heteroatoms. The minimum atomic E-state index is -4.94. The summed E-state index contributed by atoms with van der Waals surface area (Å²) in [5.41, 5.74) is 0.132. The van der Waals surface area contributed by atoms with Gasteiger partial charge in [0.2, 0.25) is 0 Å². The summed E-state index contributed by atoms with van der Waals surface area (Å²) in [5, 5.41) is 9.99. The fraction of sp³-hybridized carbons (Fsp3) is 0.158. The lowest BCUT2D eigenvalue weighted by Crippen LogP contribution is -2.22. The number of ether oxygens (including phenoxy) is 1. The summed E-state index contributed by atoms with van der Waals surface area (Å²) in [6.07, 6.45) is -3.04. The first-order chi connectivity index (χ1) is 14.5. The van der Waals surface area contributed by atoms with Crippen molar-refractivity contribution in [3.63, 3.8) is 0 Å². The molecule has 0 fully saturated rings. The van der Waals surface area contributed by atoms with Gasteiger partial charge in [-0.2, -0.15) is 5.10 Å². The smallest absolute Gasteiger partial charge is 0.405 e. The predicted octanol–water partition coefficient (Wildman–Crippen LogP) is 5.89. The number of urea groups is 1. The highest BCUT2D eigenvalue weighted by molar-refractivity contribution is 9.11. The Morgan fingerprint density at radius 3 is 2.55 bits per heavy atom. The fourth-order valence-electron chi connectivity index (χ4n) is 2.78. The van der Waals surface area contributed by atoms with Crippen LogP contribution in [0.4, 0.5) is 38.1 Å². The van der Waals surface area contributed by atoms with Crippen molar-refractivity contribution >= 4 is 45.2 Å². The van der Waals surface area contributed by atoms with Crippen molar-refractivity contribution in [3.8, 4) is 5.75 Å². The SMILES string of the molecule is CN1N=CCC(Br)=C1c1cc(NC(=O)Nc2ccc(F)cc2F)ccc1OC(F)(F)F. The van der Waals surface area contributed by atoms with Gasteiger partial charge in [0.05, 0.1) is 11.4 Å². The molecule has 2 aromatic carbocycles. The number of hydrazone groups is 1. The number of hydrogen-bond donors (Lipinski definition) is 2. The molecular formula is C19H14BrF5N4O2. The van der Waals surface area contributed by atoms with E-state index in [9.17, 15) is 26.7 Å². The fourth-order valence-corrected chi connectivity index (χ4v) is 3.39. The first-order valence-corrected chi connectivity index (χ1v) is 9.41. The zero-order chi connectivity index (χ0) is 22.8. The summed E-state index contributed by atoms with van der Waals surface area (Å²) in [7, 11) is 1.54. The van der Waals surface area contributed by atoms with Crippen LogP contribution in [0, 0.1) is 11.6 Å². The van der Waals surface area contributed by atoms with Crippen LogP contribution < -0.4 is 15.4 Å². The van der Waals surface area contributed by atoms with Gasteiger partial charge in [-0.1, -0.05) is 15.9 Å². The predicted molar refractivity (Wildman–Crippen MR) is 109 cm³/mol. The van der Waals surface area contributed by atoms with Crippen molar-refractivity contribution in [1.82, 2.24) is 5.01 Å². The maximum atomic E-state index is 13.7. The van der Waals surface area contributed by atoms with Crippen LogP contribution in [-0.2, 0) is 0 Å². The van der Waals surface area contributed by atoms with Crippen LogP contribution in [0.15, 0.2) is 46.0 Å². The Morgan fingerprint density at radius 1 is 1.16 bits per heavy atom. The van der Waals surface area contributed by atoms with E-state index in [0.717, 1.165) is 18.2 Å². The molecule has 2 aromatic rings. The second kappa shape index (κ2) is 8.92. The molecule has 1 heterocycles. The number of allylic oxidation sites excluding steroid dienone is 1. The van der Waals surface area contributed by atoms with Crippen LogP contribution in [0.2, 0.25) is 0 Å². The average Bonchev–Trinajstić information content (AvgIpc) is 2.65. The van der Waals surface area contributed by atoms with Gasteiger partial charge in [0.15, 0.2) is 0 Å². The van der Waals surface area contributed by atoms with Crippen LogP contribution in [0.5, 0.6) is 5.75 Å². The topological polar surface area (TPSA) is 66.0 Å². The van der Waals surface area contributed by atoms with Gasteiger partial charge in [-0.3, -0.25) is 5.01 Å². The van der Waals surface area contributed by atoms with Gasteiger partial charge in [0.1, 0.15) is 17.4 Å². The average molecular weight is 505 g/mol. The minimum absolute atomic E-state index is 0.00862. The number of nitrogens with one attached hydrogen (secondary N) is 2. The van der Waals surface area contributed by atoms with Crippen molar-refractivity contribution < 1.29 is 31.5 Å². The zero-order valence-corrected chi connectivity index (χ0v) is 17.3. The summed E-state index contributed by atoms with van der Waals surface area (Å²) in [6, 6.07) is 5.19. The van der Waals surface area contributed by atoms with Crippen LogP contribution >= 0.6 is 15.9 Å². The number of anilines is 2. The Bertz CT molecular complexity index is 1070. The zero-order valence-electron chi connectivity index (χ0n) is 15.7. The van der Waals surface area contributed by atoms with Gasteiger partial charge in [-0.15, -0.1) is 13.2 Å². The molecule has 6 nitrogen and oxygen atoms in total. The van der Waals surface area contributed by atoms with E-state index in [1.54, 1.807) is 6.21 Å². The standard InChI is InChI=1S/C19H14BrF5N4O2/c1-29-17(13(20)6-7-26-29)12-9-11(3-5-16(12)31-19(23,24)25)27-18(30)28-15-4-2-10(21)8-14(15)22/h2-5,7-9H,6H2,1H3,(H2,27,28,30). The van der Waals surface area contributed by atoms with Gasteiger partial charge in [-0.05, 0) is 30.3 Å². The quantitative estimate of drug-likeness (QED) is 0.510. The van der Waals surface area contributed by atoms with Crippen molar-refractivity contribution in [3.05, 3.63) is 58.1 Å². The number of halogens is 6. The van der Waals surface area contributed by atoms with E-state index in [0.29, 0.717) is 22.7 Å². The van der Waals surface area contributed by atoms with Gasteiger partial charge in [0.25, 0.3) is 0 Å². The number of alkyl halides is 3. The molecule has 2 N–H and O–H groups in total. The molecule has 0 saturated carbocycles. The third-order valence-corrected chi connectivity index (χ3v) is 4.70. The molecule has 0 radical (unpaired) electrons. The molecule has 0 aromatic heterocycles. The second-order valence-corrected chi connectivity index (χ2v) is 7.20. The third kappa shape index (κ3) is 5.72. The Kier molecular flexibility index (Phi) is 6.48. The minimum Gasteiger partial charge on any atom is -0.405 e. The molecule has 0 unspecified atom stereocenters. The number of hydrogen-bond acceptors (Lipinski definition) is 4. The van der Waals surface area contributed by atoms with E-state index in [-0.39, 0.29) is 16.9 Å². The molecule has 0 atom stereocenters. The molecule has 1 aliphatic rings. The van der Waals surface area contributed by atoms with Crippen molar-refractivity contribution in [2.24, 2.45) is 5.10 Å². The number of carbonyl (C=O) groups is 1. The highest BCUT2D eigenvalue weighted by Gasteiger charge is 2.33. The molecule has 164 valence electrons. The highest BCUT2D eigenvalue weighted by atomic mass is 79.9. The normalized spacial score (nSPS) is 14.0. The summed E-state index contributed by atoms with van der Waals surface area (Å²) >= 11 is 3.32. The van der Waals surface area contributed by atoms with E-state index in [2.05, 4.69) is 36.4 Å². The number of rotatable bonds is 4. The third-order valence-electron chi connectivity index (χ3n) is 4.00. The number of amides is 2. The first-order valence-electron chi connectivity index (χ1n) is 8.61. The molecular weight excluding hydrogens is 491 g/mol. The van der Waals surface area contributed by atoms with E-state index in [4.69, 9.17) is 0 Å². The van der Waals surface area contributed by atoms with E-state index < -0.39 is 29.8 Å². The maximum Gasteiger partial charge on any atom is 0.573 e. The van der Waals surface area contributed by atoms with Gasteiger partial charge >= 0.3 is 12.4 Å². The van der Waals surface area contributed by atoms with Crippen molar-refractivity contribution in [2.75, 3.05) is 17.7 Å². The second-order valence-electron chi connectivity index (χ2n) is 6.24. The maximum absolute atomic E-state index is 13.7. The van der Waals surface area contributed by atoms with Crippen LogP contribution in [0.1, 0.15) is 12.0 Å². The Morgan fingerprint density at radius 2 is 1.90 bits per heavy atom. The first kappa shape index (κ1) is 22.5. The Hall–Kier alpha value is -3.15. The molecule has 0 bridgehead atoms. The summed E-state index contributed by atoms with van der Waals surface area (Å²) in [4.78, 5) is 12.2. The molecule has 1 aliphatic heterocycles. The van der Waals surface area contributed by atoms with E-state index >= 15 is 0 Å². The lowest BCUT2D eigenvalue weighted by molar-refractivity contribution is -0.274. The Balaban J connectivity index is 1.90. The van der Waals surface area contributed by atoms with Crippen LogP contribution in [0.25, 0.3) is 5.70 Å². The van der Waals surface area contributed by atoms with E-state index in [1.807, 2.05) is 0 Å². The molecule has 0 saturated heterocycles.